The van der Waals surface area contributed by atoms with Crippen LogP contribution < -0.4 is 11.5 Å². The fraction of sp³-hybridized carbons (Fsp3) is 1.00. The average Bonchev–Trinajstić information content (AvgIpc) is 2.08. The van der Waals surface area contributed by atoms with E-state index in [1.54, 1.807) is 0 Å². The molecule has 5 N–H and O–H groups in total. The Morgan fingerprint density at radius 1 is 1.27 bits per heavy atom. The second-order valence-corrected chi connectivity index (χ2v) is 3.17. The molecule has 0 amide bonds. The van der Waals surface area contributed by atoms with Crippen LogP contribution in [0.3, 0.4) is 0 Å². The molecule has 0 aromatic heterocycles. The molecular weight excluding hydrogens is 140 g/mol. The maximum absolute atomic E-state index is 9.04. The van der Waals surface area contributed by atoms with E-state index in [2.05, 4.69) is 6.92 Å². The van der Waals surface area contributed by atoms with Crippen LogP contribution in [0.4, 0.5) is 0 Å². The van der Waals surface area contributed by atoms with Gasteiger partial charge in [0, 0.05) is 18.5 Å². The van der Waals surface area contributed by atoms with Crippen molar-refractivity contribution in [3.8, 4) is 0 Å². The Hall–Kier alpha value is -0.120. The molecule has 0 radical (unpaired) electrons. The van der Waals surface area contributed by atoms with Gasteiger partial charge in [-0.25, -0.2) is 0 Å². The van der Waals surface area contributed by atoms with Crippen molar-refractivity contribution < 1.29 is 5.11 Å². The van der Waals surface area contributed by atoms with Crippen molar-refractivity contribution in [3.63, 3.8) is 0 Å². The highest BCUT2D eigenvalue weighted by Crippen LogP contribution is 2.20. The quantitative estimate of drug-likeness (QED) is 0.515. The second-order valence-electron chi connectivity index (χ2n) is 3.17. The van der Waals surface area contributed by atoms with Crippen LogP contribution in [-0.4, -0.2) is 24.8 Å². The fourth-order valence-electron chi connectivity index (χ4n) is 1.05. The smallest absolute Gasteiger partial charge is 0.0511 e. The molecule has 0 atom stereocenters. The van der Waals surface area contributed by atoms with Crippen LogP contribution in [0.5, 0.6) is 0 Å². The standard InChI is InChI=1S/C8H20N2O/c1-2-3-4-8(5-9,6-10)7-11/h11H,2-7,9-10H2,1H3. The molecule has 0 aliphatic carbocycles. The summed E-state index contributed by atoms with van der Waals surface area (Å²) in [6.07, 6.45) is 3.16. The molecule has 0 aromatic rings. The SMILES string of the molecule is CCCCC(CN)(CN)CO. The first-order chi connectivity index (χ1) is 5.24. The van der Waals surface area contributed by atoms with Gasteiger partial charge in [0.1, 0.15) is 0 Å². The van der Waals surface area contributed by atoms with Gasteiger partial charge in [0.05, 0.1) is 6.61 Å². The molecule has 3 heteroatoms. The van der Waals surface area contributed by atoms with Crippen LogP contribution in [-0.2, 0) is 0 Å². The number of aliphatic hydroxyl groups is 1. The first kappa shape index (κ1) is 10.9. The summed E-state index contributed by atoms with van der Waals surface area (Å²) >= 11 is 0. The molecular formula is C8H20N2O. The van der Waals surface area contributed by atoms with Gasteiger partial charge in [0.25, 0.3) is 0 Å². The Kier molecular flexibility index (Phi) is 5.46. The van der Waals surface area contributed by atoms with Gasteiger partial charge in [0.2, 0.25) is 0 Å². The van der Waals surface area contributed by atoms with E-state index in [0.717, 1.165) is 19.3 Å². The Balaban J connectivity index is 3.84. The minimum atomic E-state index is -0.212. The number of unbranched alkanes of at least 4 members (excludes halogenated alkanes) is 1. The number of hydrogen-bond donors (Lipinski definition) is 3. The van der Waals surface area contributed by atoms with Crippen LogP contribution in [0.15, 0.2) is 0 Å². The van der Waals surface area contributed by atoms with Crippen LogP contribution >= 0.6 is 0 Å². The summed E-state index contributed by atoms with van der Waals surface area (Å²) in [5.41, 5.74) is 10.8. The number of aliphatic hydroxyl groups excluding tert-OH is 1. The van der Waals surface area contributed by atoms with Crippen LogP contribution in [0.2, 0.25) is 0 Å². The van der Waals surface area contributed by atoms with Crippen molar-refractivity contribution >= 4 is 0 Å². The lowest BCUT2D eigenvalue weighted by molar-refractivity contribution is 0.127. The summed E-state index contributed by atoms with van der Waals surface area (Å²) in [6.45, 7) is 3.20. The Morgan fingerprint density at radius 2 is 1.82 bits per heavy atom. The highest BCUT2D eigenvalue weighted by molar-refractivity contribution is 4.80. The molecule has 0 saturated heterocycles. The van der Waals surface area contributed by atoms with E-state index in [0.29, 0.717) is 13.1 Å². The number of hydrogen-bond acceptors (Lipinski definition) is 3. The first-order valence-corrected chi connectivity index (χ1v) is 4.25. The summed E-state index contributed by atoms with van der Waals surface area (Å²) < 4.78 is 0. The summed E-state index contributed by atoms with van der Waals surface area (Å²) in [5, 5.41) is 9.04. The molecule has 0 spiro atoms. The molecule has 0 aliphatic heterocycles. The Labute approximate surface area is 68.8 Å². The molecule has 0 bridgehead atoms. The van der Waals surface area contributed by atoms with E-state index in [1.807, 2.05) is 0 Å². The third-order valence-corrected chi connectivity index (χ3v) is 2.26. The average molecular weight is 160 g/mol. The largest absolute Gasteiger partial charge is 0.396 e. The van der Waals surface area contributed by atoms with Gasteiger partial charge >= 0.3 is 0 Å². The zero-order chi connectivity index (χ0) is 8.74. The lowest BCUT2D eigenvalue weighted by Gasteiger charge is -2.28. The van der Waals surface area contributed by atoms with Gasteiger partial charge in [-0.1, -0.05) is 19.8 Å². The molecule has 11 heavy (non-hydrogen) atoms. The molecule has 0 aromatic carbocycles. The van der Waals surface area contributed by atoms with E-state index in [1.165, 1.54) is 0 Å². The minimum absolute atomic E-state index is 0.111. The van der Waals surface area contributed by atoms with Crippen LogP contribution in [0, 0.1) is 5.41 Å². The third-order valence-electron chi connectivity index (χ3n) is 2.26. The molecule has 0 rings (SSSR count). The number of nitrogens with two attached hydrogens (primary N) is 2. The molecule has 0 heterocycles. The van der Waals surface area contributed by atoms with Gasteiger partial charge in [-0.3, -0.25) is 0 Å². The number of rotatable bonds is 6. The summed E-state index contributed by atoms with van der Waals surface area (Å²) in [5.74, 6) is 0. The molecule has 68 valence electrons. The van der Waals surface area contributed by atoms with Crippen molar-refractivity contribution in [1.82, 2.24) is 0 Å². The van der Waals surface area contributed by atoms with E-state index in [9.17, 15) is 0 Å². The van der Waals surface area contributed by atoms with Gasteiger partial charge in [-0.05, 0) is 6.42 Å². The van der Waals surface area contributed by atoms with E-state index < -0.39 is 0 Å². The van der Waals surface area contributed by atoms with E-state index in [4.69, 9.17) is 16.6 Å². The van der Waals surface area contributed by atoms with Crippen LogP contribution in [0.1, 0.15) is 26.2 Å². The van der Waals surface area contributed by atoms with E-state index in [-0.39, 0.29) is 12.0 Å². The molecule has 0 unspecified atom stereocenters. The van der Waals surface area contributed by atoms with Crippen molar-refractivity contribution in [1.29, 1.82) is 0 Å². The van der Waals surface area contributed by atoms with Crippen LogP contribution in [0.25, 0.3) is 0 Å². The topological polar surface area (TPSA) is 72.3 Å². The van der Waals surface area contributed by atoms with Crippen molar-refractivity contribution in [2.75, 3.05) is 19.7 Å². The summed E-state index contributed by atoms with van der Waals surface area (Å²) in [7, 11) is 0. The maximum atomic E-state index is 9.04. The summed E-state index contributed by atoms with van der Waals surface area (Å²) in [6, 6.07) is 0. The monoisotopic (exact) mass is 160 g/mol. The lowest BCUT2D eigenvalue weighted by Crippen LogP contribution is -2.41. The highest BCUT2D eigenvalue weighted by Gasteiger charge is 2.24. The first-order valence-electron chi connectivity index (χ1n) is 4.25. The van der Waals surface area contributed by atoms with Gasteiger partial charge in [-0.2, -0.15) is 0 Å². The molecule has 0 saturated carbocycles. The zero-order valence-corrected chi connectivity index (χ0v) is 7.34. The van der Waals surface area contributed by atoms with Gasteiger partial charge in [0.15, 0.2) is 0 Å². The lowest BCUT2D eigenvalue weighted by atomic mass is 9.84. The maximum Gasteiger partial charge on any atom is 0.0511 e. The van der Waals surface area contributed by atoms with Gasteiger partial charge < -0.3 is 16.6 Å². The predicted octanol–water partition coefficient (Wildman–Crippen LogP) is 0.0727. The van der Waals surface area contributed by atoms with Crippen molar-refractivity contribution in [3.05, 3.63) is 0 Å². The molecule has 0 fully saturated rings. The van der Waals surface area contributed by atoms with Gasteiger partial charge in [-0.15, -0.1) is 0 Å². The Bertz CT molecular complexity index is 83.8. The fourth-order valence-corrected chi connectivity index (χ4v) is 1.05. The predicted molar refractivity (Wildman–Crippen MR) is 47.2 cm³/mol. The van der Waals surface area contributed by atoms with E-state index >= 15 is 0 Å². The van der Waals surface area contributed by atoms with Crippen molar-refractivity contribution in [2.45, 2.75) is 26.2 Å². The Morgan fingerprint density at radius 3 is 2.09 bits per heavy atom. The summed E-state index contributed by atoms with van der Waals surface area (Å²) in [4.78, 5) is 0. The zero-order valence-electron chi connectivity index (χ0n) is 7.34. The molecule has 3 nitrogen and oxygen atoms in total. The minimum Gasteiger partial charge on any atom is -0.396 e. The normalized spacial score (nSPS) is 12.0. The third kappa shape index (κ3) is 3.18. The van der Waals surface area contributed by atoms with Crippen molar-refractivity contribution in [2.24, 2.45) is 16.9 Å². The second kappa shape index (κ2) is 5.52. The molecule has 0 aliphatic rings. The highest BCUT2D eigenvalue weighted by atomic mass is 16.3.